The molecule has 2 aromatic carbocycles. The standard InChI is InChI=1S/C21H16N2O2S/c1-14-11-12-19(25-14)18(24)13-26-21-20(15-7-3-2-4-8-15)22-16-9-5-6-10-17(16)23-21/h2-12H,13H2,1H3. The van der Waals surface area contributed by atoms with Crippen LogP contribution in [0, 0.1) is 6.92 Å². The number of carbonyl (C=O) groups excluding carboxylic acids is 1. The van der Waals surface area contributed by atoms with Crippen molar-refractivity contribution in [1.29, 1.82) is 0 Å². The van der Waals surface area contributed by atoms with Gasteiger partial charge in [0.25, 0.3) is 0 Å². The van der Waals surface area contributed by atoms with E-state index >= 15 is 0 Å². The predicted molar refractivity (Wildman–Crippen MR) is 103 cm³/mol. The number of furan rings is 1. The highest BCUT2D eigenvalue weighted by Gasteiger charge is 2.16. The molecule has 0 unspecified atom stereocenters. The summed E-state index contributed by atoms with van der Waals surface area (Å²) in [6, 6.07) is 21.2. The lowest BCUT2D eigenvalue weighted by molar-refractivity contribution is 0.0991. The minimum absolute atomic E-state index is 0.0583. The third kappa shape index (κ3) is 3.39. The van der Waals surface area contributed by atoms with E-state index in [1.54, 1.807) is 12.1 Å². The zero-order chi connectivity index (χ0) is 17.9. The predicted octanol–water partition coefficient (Wildman–Crippen LogP) is 5.17. The quantitative estimate of drug-likeness (QED) is 0.363. The van der Waals surface area contributed by atoms with Crippen LogP contribution in [-0.4, -0.2) is 21.5 Å². The van der Waals surface area contributed by atoms with Crippen molar-refractivity contribution in [1.82, 2.24) is 9.97 Å². The number of fused-ring (bicyclic) bond motifs is 1. The fourth-order valence-electron chi connectivity index (χ4n) is 2.66. The highest BCUT2D eigenvalue weighted by atomic mass is 32.2. The van der Waals surface area contributed by atoms with Crippen molar-refractivity contribution in [2.45, 2.75) is 11.9 Å². The van der Waals surface area contributed by atoms with Gasteiger partial charge in [-0.2, -0.15) is 0 Å². The molecule has 128 valence electrons. The molecule has 0 saturated carbocycles. The topological polar surface area (TPSA) is 56.0 Å². The normalized spacial score (nSPS) is 11.0. The van der Waals surface area contributed by atoms with Gasteiger partial charge in [0.05, 0.1) is 16.8 Å². The number of thioether (sulfide) groups is 1. The first-order chi connectivity index (χ1) is 12.7. The Morgan fingerprint density at radius 1 is 0.923 bits per heavy atom. The van der Waals surface area contributed by atoms with Gasteiger partial charge in [0, 0.05) is 5.56 Å². The number of aryl methyl sites for hydroxylation is 1. The highest BCUT2D eigenvalue weighted by Crippen LogP contribution is 2.30. The van der Waals surface area contributed by atoms with E-state index < -0.39 is 0 Å². The van der Waals surface area contributed by atoms with E-state index in [1.165, 1.54) is 11.8 Å². The average molecular weight is 360 g/mol. The Morgan fingerprint density at radius 3 is 2.31 bits per heavy atom. The smallest absolute Gasteiger partial charge is 0.208 e. The number of rotatable bonds is 5. The number of aromatic nitrogens is 2. The molecule has 0 aliphatic heterocycles. The van der Waals surface area contributed by atoms with Crippen molar-refractivity contribution in [2.24, 2.45) is 0 Å². The minimum Gasteiger partial charge on any atom is -0.458 e. The van der Waals surface area contributed by atoms with Gasteiger partial charge in [-0.3, -0.25) is 4.79 Å². The molecule has 2 aromatic heterocycles. The van der Waals surface area contributed by atoms with E-state index in [1.807, 2.05) is 61.5 Å². The van der Waals surface area contributed by atoms with Crippen LogP contribution in [0.1, 0.15) is 16.3 Å². The Bertz CT molecular complexity index is 1070. The van der Waals surface area contributed by atoms with Crippen LogP contribution in [0.4, 0.5) is 0 Å². The van der Waals surface area contributed by atoms with Crippen LogP contribution in [0.15, 0.2) is 76.2 Å². The molecule has 0 N–H and O–H groups in total. The van der Waals surface area contributed by atoms with Crippen molar-refractivity contribution in [2.75, 3.05) is 5.75 Å². The summed E-state index contributed by atoms with van der Waals surface area (Å²) >= 11 is 1.39. The third-order valence-corrected chi connectivity index (χ3v) is 4.91. The Balaban J connectivity index is 1.69. The lowest BCUT2D eigenvalue weighted by Crippen LogP contribution is -2.02. The largest absolute Gasteiger partial charge is 0.458 e. The second-order valence-electron chi connectivity index (χ2n) is 5.85. The first-order valence-corrected chi connectivity index (χ1v) is 9.24. The molecule has 0 radical (unpaired) electrons. The molecule has 2 heterocycles. The molecule has 0 aliphatic rings. The third-order valence-electron chi connectivity index (χ3n) is 3.94. The van der Waals surface area contributed by atoms with E-state index in [4.69, 9.17) is 14.4 Å². The summed E-state index contributed by atoms with van der Waals surface area (Å²) in [5.41, 5.74) is 3.42. The number of hydrogen-bond acceptors (Lipinski definition) is 5. The SMILES string of the molecule is Cc1ccc(C(=O)CSc2nc3ccccc3nc2-c2ccccc2)o1. The zero-order valence-electron chi connectivity index (χ0n) is 14.2. The van der Waals surface area contributed by atoms with Crippen molar-refractivity contribution in [3.63, 3.8) is 0 Å². The molecule has 0 bridgehead atoms. The Labute approximate surface area is 155 Å². The molecule has 0 atom stereocenters. The van der Waals surface area contributed by atoms with Crippen molar-refractivity contribution in [3.8, 4) is 11.3 Å². The molecule has 0 spiro atoms. The summed E-state index contributed by atoms with van der Waals surface area (Å²) in [5, 5.41) is 0.742. The molecule has 4 rings (SSSR count). The molecule has 4 nitrogen and oxygen atoms in total. The molecule has 0 saturated heterocycles. The summed E-state index contributed by atoms with van der Waals surface area (Å²) in [6.45, 7) is 1.83. The van der Waals surface area contributed by atoms with Gasteiger partial charge in [0.15, 0.2) is 5.76 Å². The maximum Gasteiger partial charge on any atom is 0.208 e. The van der Waals surface area contributed by atoms with Crippen LogP contribution in [0.2, 0.25) is 0 Å². The van der Waals surface area contributed by atoms with Crippen LogP contribution in [0.3, 0.4) is 0 Å². The molecule has 0 amide bonds. The number of Topliss-reactive ketones (excluding diaryl/α,β-unsaturated/α-hetero) is 1. The minimum atomic E-state index is -0.0583. The van der Waals surface area contributed by atoms with Gasteiger partial charge in [-0.15, -0.1) is 0 Å². The number of nitrogens with zero attached hydrogens (tertiary/aromatic N) is 2. The second-order valence-corrected chi connectivity index (χ2v) is 6.82. The van der Waals surface area contributed by atoms with Crippen LogP contribution in [0.25, 0.3) is 22.3 Å². The van der Waals surface area contributed by atoms with Crippen molar-refractivity contribution in [3.05, 3.63) is 78.3 Å². The lowest BCUT2D eigenvalue weighted by Gasteiger charge is -2.09. The molecule has 0 fully saturated rings. The van der Waals surface area contributed by atoms with E-state index in [0.717, 1.165) is 33.1 Å². The molecule has 5 heteroatoms. The molecular formula is C21H16N2O2S. The van der Waals surface area contributed by atoms with E-state index in [-0.39, 0.29) is 11.5 Å². The number of hydrogen-bond donors (Lipinski definition) is 0. The maximum absolute atomic E-state index is 12.4. The Kier molecular flexibility index (Phi) is 4.54. The summed E-state index contributed by atoms with van der Waals surface area (Å²) in [5.74, 6) is 1.30. The van der Waals surface area contributed by atoms with Gasteiger partial charge in [-0.05, 0) is 31.2 Å². The fraction of sp³-hybridized carbons (Fsp3) is 0.0952. The summed E-state index contributed by atoms with van der Waals surface area (Å²) in [6.07, 6.45) is 0. The number of ketones is 1. The van der Waals surface area contributed by atoms with Crippen LogP contribution >= 0.6 is 11.8 Å². The van der Waals surface area contributed by atoms with Gasteiger partial charge in [0.1, 0.15) is 16.5 Å². The van der Waals surface area contributed by atoms with Crippen LogP contribution < -0.4 is 0 Å². The maximum atomic E-state index is 12.4. The number of para-hydroxylation sites is 2. The van der Waals surface area contributed by atoms with Crippen LogP contribution in [-0.2, 0) is 0 Å². The lowest BCUT2D eigenvalue weighted by atomic mass is 10.1. The molecule has 26 heavy (non-hydrogen) atoms. The van der Waals surface area contributed by atoms with E-state index in [0.29, 0.717) is 5.76 Å². The molecular weight excluding hydrogens is 344 g/mol. The van der Waals surface area contributed by atoms with Gasteiger partial charge >= 0.3 is 0 Å². The summed E-state index contributed by atoms with van der Waals surface area (Å²) < 4.78 is 5.42. The number of benzene rings is 2. The van der Waals surface area contributed by atoms with Gasteiger partial charge in [0.2, 0.25) is 5.78 Å². The zero-order valence-corrected chi connectivity index (χ0v) is 15.0. The first-order valence-electron chi connectivity index (χ1n) is 8.25. The first kappa shape index (κ1) is 16.5. The molecule has 0 aliphatic carbocycles. The second kappa shape index (κ2) is 7.14. The van der Waals surface area contributed by atoms with Gasteiger partial charge in [-0.1, -0.05) is 54.2 Å². The highest BCUT2D eigenvalue weighted by molar-refractivity contribution is 8.00. The Hall–Kier alpha value is -2.92. The van der Waals surface area contributed by atoms with Gasteiger partial charge < -0.3 is 4.42 Å². The van der Waals surface area contributed by atoms with E-state index in [9.17, 15) is 4.79 Å². The summed E-state index contributed by atoms with van der Waals surface area (Å²) in [4.78, 5) is 21.9. The average Bonchev–Trinajstić information content (AvgIpc) is 3.12. The van der Waals surface area contributed by atoms with Crippen molar-refractivity contribution < 1.29 is 9.21 Å². The fourth-order valence-corrected chi connectivity index (χ4v) is 3.53. The number of carbonyl (C=O) groups is 1. The van der Waals surface area contributed by atoms with E-state index in [2.05, 4.69) is 0 Å². The van der Waals surface area contributed by atoms with Crippen molar-refractivity contribution >= 4 is 28.6 Å². The van der Waals surface area contributed by atoms with Gasteiger partial charge in [-0.25, -0.2) is 9.97 Å². The Morgan fingerprint density at radius 2 is 1.62 bits per heavy atom. The van der Waals surface area contributed by atoms with Crippen LogP contribution in [0.5, 0.6) is 0 Å². The summed E-state index contributed by atoms with van der Waals surface area (Å²) in [7, 11) is 0. The molecule has 4 aromatic rings. The monoisotopic (exact) mass is 360 g/mol.